The van der Waals surface area contributed by atoms with Crippen molar-refractivity contribution in [1.82, 2.24) is 20.1 Å². The van der Waals surface area contributed by atoms with E-state index in [1.165, 1.54) is 17.3 Å². The Kier molecular flexibility index (Phi) is 8.22. The summed E-state index contributed by atoms with van der Waals surface area (Å²) in [6.45, 7) is 7.99. The third-order valence-electron chi connectivity index (χ3n) is 5.70. The maximum absolute atomic E-state index is 12.7. The van der Waals surface area contributed by atoms with Crippen LogP contribution in [0.15, 0.2) is 46.9 Å². The lowest BCUT2D eigenvalue weighted by molar-refractivity contribution is -0.119. The standard InChI is InChI=1S/C25H32N4O2S2/c1-17(2)14-19-8-10-20(11-9-19)18(3)26-23(30)16-33-25-28-27-24(22-7-5-13-32-22)29(25)15-21-6-4-12-31-21/h5,7-11,13,17-18,21H,4,6,12,14-16H2,1-3H3,(H,26,30). The first-order chi connectivity index (χ1) is 16.0. The fourth-order valence-corrected chi connectivity index (χ4v) is 5.53. The van der Waals surface area contributed by atoms with E-state index < -0.39 is 0 Å². The molecule has 2 aromatic heterocycles. The van der Waals surface area contributed by atoms with Crippen LogP contribution in [0.3, 0.4) is 0 Å². The van der Waals surface area contributed by atoms with Crippen LogP contribution >= 0.6 is 23.1 Å². The molecule has 0 saturated carbocycles. The number of nitrogens with zero attached hydrogens (tertiary/aromatic N) is 3. The number of hydrogen-bond acceptors (Lipinski definition) is 6. The molecule has 3 heterocycles. The number of carbonyl (C=O) groups is 1. The molecule has 1 aromatic carbocycles. The average molecular weight is 485 g/mol. The van der Waals surface area contributed by atoms with E-state index in [-0.39, 0.29) is 18.1 Å². The van der Waals surface area contributed by atoms with E-state index in [0.717, 1.165) is 47.3 Å². The Morgan fingerprint density at radius 1 is 1.24 bits per heavy atom. The van der Waals surface area contributed by atoms with Crippen molar-refractivity contribution in [2.24, 2.45) is 5.92 Å². The summed E-state index contributed by atoms with van der Waals surface area (Å²) in [5.74, 6) is 1.76. The van der Waals surface area contributed by atoms with Crippen molar-refractivity contribution in [3.05, 3.63) is 52.9 Å². The van der Waals surface area contributed by atoms with Gasteiger partial charge in [0.1, 0.15) is 0 Å². The molecule has 176 valence electrons. The van der Waals surface area contributed by atoms with Crippen LogP contribution in [0, 0.1) is 5.92 Å². The molecule has 0 bridgehead atoms. The predicted molar refractivity (Wildman–Crippen MR) is 135 cm³/mol. The zero-order valence-corrected chi connectivity index (χ0v) is 21.1. The van der Waals surface area contributed by atoms with E-state index in [9.17, 15) is 4.79 Å². The molecule has 4 rings (SSSR count). The number of amides is 1. The van der Waals surface area contributed by atoms with Crippen LogP contribution in [0.4, 0.5) is 0 Å². The zero-order chi connectivity index (χ0) is 23.2. The van der Waals surface area contributed by atoms with Crippen LogP contribution in [0.5, 0.6) is 0 Å². The van der Waals surface area contributed by atoms with Gasteiger partial charge in [-0.1, -0.05) is 55.9 Å². The van der Waals surface area contributed by atoms with Gasteiger partial charge >= 0.3 is 0 Å². The van der Waals surface area contributed by atoms with E-state index in [4.69, 9.17) is 4.74 Å². The highest BCUT2D eigenvalue weighted by atomic mass is 32.2. The lowest BCUT2D eigenvalue weighted by Gasteiger charge is -2.16. The lowest BCUT2D eigenvalue weighted by Crippen LogP contribution is -2.28. The summed E-state index contributed by atoms with van der Waals surface area (Å²) in [5.41, 5.74) is 2.44. The van der Waals surface area contributed by atoms with Gasteiger partial charge in [-0.2, -0.15) is 0 Å². The van der Waals surface area contributed by atoms with Gasteiger partial charge in [-0.15, -0.1) is 21.5 Å². The summed E-state index contributed by atoms with van der Waals surface area (Å²) in [7, 11) is 0. The Balaban J connectivity index is 1.37. The van der Waals surface area contributed by atoms with Crippen LogP contribution < -0.4 is 5.32 Å². The molecule has 1 fully saturated rings. The molecule has 2 atom stereocenters. The number of thiophene rings is 1. The van der Waals surface area contributed by atoms with Gasteiger partial charge in [-0.3, -0.25) is 9.36 Å². The van der Waals surface area contributed by atoms with Crippen molar-refractivity contribution in [1.29, 1.82) is 0 Å². The number of rotatable bonds is 10. The van der Waals surface area contributed by atoms with Crippen molar-refractivity contribution in [3.8, 4) is 10.7 Å². The quantitative estimate of drug-likeness (QED) is 0.393. The van der Waals surface area contributed by atoms with Gasteiger partial charge in [0.2, 0.25) is 5.91 Å². The van der Waals surface area contributed by atoms with E-state index >= 15 is 0 Å². The Hall–Kier alpha value is -2.16. The molecule has 8 heteroatoms. The molecular weight excluding hydrogens is 452 g/mol. The molecule has 1 amide bonds. The van der Waals surface area contributed by atoms with Crippen LogP contribution in [0.1, 0.15) is 50.8 Å². The van der Waals surface area contributed by atoms with Gasteiger partial charge in [-0.25, -0.2) is 0 Å². The second-order valence-corrected chi connectivity index (χ2v) is 10.8. The van der Waals surface area contributed by atoms with Crippen molar-refractivity contribution in [2.45, 2.75) is 63.9 Å². The second kappa shape index (κ2) is 11.3. The molecule has 1 aliphatic rings. The minimum Gasteiger partial charge on any atom is -0.376 e. The lowest BCUT2D eigenvalue weighted by atomic mass is 10.00. The highest BCUT2D eigenvalue weighted by Crippen LogP contribution is 2.29. The molecule has 0 radical (unpaired) electrons. The van der Waals surface area contributed by atoms with E-state index in [1.54, 1.807) is 11.3 Å². The van der Waals surface area contributed by atoms with Gasteiger partial charge in [0.05, 0.1) is 29.3 Å². The molecule has 0 spiro atoms. The van der Waals surface area contributed by atoms with Crippen LogP contribution in [0.25, 0.3) is 10.7 Å². The summed E-state index contributed by atoms with van der Waals surface area (Å²) in [5, 5.41) is 14.7. The van der Waals surface area contributed by atoms with Gasteiger partial charge < -0.3 is 10.1 Å². The third-order valence-corrected chi connectivity index (χ3v) is 7.53. The number of nitrogens with one attached hydrogen (secondary N) is 1. The highest BCUT2D eigenvalue weighted by Gasteiger charge is 2.23. The molecule has 3 aromatic rings. The largest absolute Gasteiger partial charge is 0.376 e. The van der Waals surface area contributed by atoms with E-state index in [0.29, 0.717) is 18.2 Å². The molecule has 1 N–H and O–H groups in total. The molecule has 1 saturated heterocycles. The molecule has 6 nitrogen and oxygen atoms in total. The summed E-state index contributed by atoms with van der Waals surface area (Å²) in [6, 6.07) is 12.6. The van der Waals surface area contributed by atoms with Crippen LogP contribution in [0.2, 0.25) is 0 Å². The monoisotopic (exact) mass is 484 g/mol. The van der Waals surface area contributed by atoms with Gasteiger partial charge in [0, 0.05) is 6.61 Å². The first-order valence-electron chi connectivity index (χ1n) is 11.6. The molecule has 0 aliphatic carbocycles. The fraction of sp³-hybridized carbons (Fsp3) is 0.480. The van der Waals surface area contributed by atoms with Gasteiger partial charge in [0.25, 0.3) is 0 Å². The van der Waals surface area contributed by atoms with Crippen LogP contribution in [-0.2, 0) is 22.5 Å². The number of benzene rings is 1. The second-order valence-electron chi connectivity index (χ2n) is 8.95. The first-order valence-corrected chi connectivity index (χ1v) is 13.5. The Bertz CT molecular complexity index is 1030. The normalized spacial score (nSPS) is 16.9. The Morgan fingerprint density at radius 3 is 2.73 bits per heavy atom. The SMILES string of the molecule is CC(C)Cc1ccc(C(C)NC(=O)CSc2nnc(-c3cccs3)n2CC2CCCO2)cc1. The van der Waals surface area contributed by atoms with E-state index in [2.05, 4.69) is 64.3 Å². The number of aromatic nitrogens is 3. The topological polar surface area (TPSA) is 69.0 Å². The average Bonchev–Trinajstić information content (AvgIpc) is 3.55. The van der Waals surface area contributed by atoms with Crippen molar-refractivity contribution < 1.29 is 9.53 Å². The Labute approximate surface area is 204 Å². The first kappa shape index (κ1) is 24.0. The Morgan fingerprint density at radius 2 is 2.06 bits per heavy atom. The van der Waals surface area contributed by atoms with Crippen molar-refractivity contribution in [2.75, 3.05) is 12.4 Å². The predicted octanol–water partition coefficient (Wildman–Crippen LogP) is 5.35. The van der Waals surface area contributed by atoms with Crippen molar-refractivity contribution in [3.63, 3.8) is 0 Å². The maximum atomic E-state index is 12.7. The zero-order valence-electron chi connectivity index (χ0n) is 19.5. The number of thioether (sulfide) groups is 1. The van der Waals surface area contributed by atoms with E-state index in [1.807, 2.05) is 18.4 Å². The minimum absolute atomic E-state index is 0.0110. The minimum atomic E-state index is -0.0439. The summed E-state index contributed by atoms with van der Waals surface area (Å²) < 4.78 is 7.96. The fourth-order valence-electron chi connectivity index (χ4n) is 4.05. The number of hydrogen-bond donors (Lipinski definition) is 1. The molecule has 1 aliphatic heterocycles. The summed E-state index contributed by atoms with van der Waals surface area (Å²) >= 11 is 3.07. The highest BCUT2D eigenvalue weighted by molar-refractivity contribution is 7.99. The van der Waals surface area contributed by atoms with Gasteiger partial charge in [-0.05, 0) is 54.7 Å². The third kappa shape index (κ3) is 6.46. The summed E-state index contributed by atoms with van der Waals surface area (Å²) in [4.78, 5) is 13.8. The smallest absolute Gasteiger partial charge is 0.230 e. The number of ether oxygens (including phenoxy) is 1. The molecule has 2 unspecified atom stereocenters. The van der Waals surface area contributed by atoms with Gasteiger partial charge in [0.15, 0.2) is 11.0 Å². The van der Waals surface area contributed by atoms with Crippen LogP contribution in [-0.4, -0.2) is 39.1 Å². The summed E-state index contributed by atoms with van der Waals surface area (Å²) in [6.07, 6.45) is 3.37. The molecular formula is C25H32N4O2S2. The number of carbonyl (C=O) groups excluding carboxylic acids is 1. The molecule has 33 heavy (non-hydrogen) atoms. The van der Waals surface area contributed by atoms with Crippen molar-refractivity contribution >= 4 is 29.0 Å². The maximum Gasteiger partial charge on any atom is 0.230 e.